The van der Waals surface area contributed by atoms with E-state index >= 15 is 0 Å². The molecule has 6 nitrogen and oxygen atoms in total. The second kappa shape index (κ2) is 8.04. The third-order valence-corrected chi connectivity index (χ3v) is 2.53. The maximum atomic E-state index is 11.8. The molecular weight excluding hydrogens is 276 g/mol. The molecule has 0 saturated heterocycles. The number of ether oxygens (including phenoxy) is 2. The van der Waals surface area contributed by atoms with Crippen LogP contribution in [0.25, 0.3) is 0 Å². The fourth-order valence-corrected chi connectivity index (χ4v) is 1.54. The van der Waals surface area contributed by atoms with Gasteiger partial charge in [0.2, 0.25) is 0 Å². The van der Waals surface area contributed by atoms with Crippen LogP contribution in [0.3, 0.4) is 0 Å². The summed E-state index contributed by atoms with van der Waals surface area (Å²) < 4.78 is 9.89. The van der Waals surface area contributed by atoms with E-state index in [9.17, 15) is 14.4 Å². The maximum Gasteiger partial charge on any atom is 0.338 e. The normalized spacial score (nSPS) is 10.0. The highest BCUT2D eigenvalue weighted by Gasteiger charge is 2.17. The molecule has 0 spiro atoms. The summed E-state index contributed by atoms with van der Waals surface area (Å²) in [4.78, 5) is 34.7. The quantitative estimate of drug-likeness (QED) is 0.777. The van der Waals surface area contributed by atoms with Crippen molar-refractivity contribution < 1.29 is 29.0 Å². The lowest BCUT2D eigenvalue weighted by molar-refractivity contribution is 0.0503. The molecule has 0 fully saturated rings. The number of hydrogen-bond donors (Lipinski definition) is 1. The summed E-state index contributed by atoms with van der Waals surface area (Å²) in [7, 11) is 0. The maximum absolute atomic E-state index is 11.8. The first-order chi connectivity index (χ1) is 9.99. The van der Waals surface area contributed by atoms with E-state index in [1.807, 2.05) is 13.8 Å². The molecule has 0 aromatic heterocycles. The summed E-state index contributed by atoms with van der Waals surface area (Å²) in [6.07, 6.45) is 1.30. The summed E-state index contributed by atoms with van der Waals surface area (Å²) in [5.41, 5.74) is -0.122. The molecule has 0 radical (unpaired) electrons. The third kappa shape index (κ3) is 4.91. The Morgan fingerprint density at radius 1 is 0.857 bits per heavy atom. The number of carbonyl (C=O) groups is 3. The summed E-state index contributed by atoms with van der Waals surface area (Å²) in [5, 5.41) is 9.05. The van der Waals surface area contributed by atoms with E-state index in [-0.39, 0.29) is 29.9 Å². The SMILES string of the molecule is CCCOC(=O)c1cc(C(=O)O)cc(C(=O)OCCC)c1. The van der Waals surface area contributed by atoms with Crippen LogP contribution in [0, 0.1) is 0 Å². The van der Waals surface area contributed by atoms with E-state index in [4.69, 9.17) is 14.6 Å². The van der Waals surface area contributed by atoms with E-state index in [2.05, 4.69) is 0 Å². The molecule has 0 aliphatic rings. The van der Waals surface area contributed by atoms with E-state index < -0.39 is 17.9 Å². The summed E-state index contributed by atoms with van der Waals surface area (Å²) in [5.74, 6) is -2.56. The highest BCUT2D eigenvalue weighted by molar-refractivity contribution is 6.00. The summed E-state index contributed by atoms with van der Waals surface area (Å²) in [6, 6.07) is 3.64. The Morgan fingerprint density at radius 2 is 1.24 bits per heavy atom. The zero-order chi connectivity index (χ0) is 15.8. The molecule has 0 aliphatic heterocycles. The van der Waals surface area contributed by atoms with Crippen LogP contribution in [-0.2, 0) is 9.47 Å². The van der Waals surface area contributed by atoms with E-state index in [0.717, 1.165) is 0 Å². The van der Waals surface area contributed by atoms with Crippen LogP contribution in [0.1, 0.15) is 57.8 Å². The second-order valence-electron chi connectivity index (χ2n) is 4.38. The predicted molar refractivity (Wildman–Crippen MR) is 74.5 cm³/mol. The number of aromatic carboxylic acids is 1. The molecule has 0 unspecified atom stereocenters. The number of carbonyl (C=O) groups excluding carboxylic acids is 2. The molecule has 114 valence electrons. The zero-order valence-electron chi connectivity index (χ0n) is 12.0. The number of hydrogen-bond acceptors (Lipinski definition) is 5. The number of carboxylic acid groups (broad SMARTS) is 1. The Labute approximate surface area is 122 Å². The molecule has 0 aliphatic carbocycles. The highest BCUT2D eigenvalue weighted by Crippen LogP contribution is 2.14. The Bertz CT molecular complexity index is 497. The molecular formula is C15H18O6. The van der Waals surface area contributed by atoms with Crippen LogP contribution in [-0.4, -0.2) is 36.2 Å². The van der Waals surface area contributed by atoms with Crippen molar-refractivity contribution in [2.45, 2.75) is 26.7 Å². The second-order valence-corrected chi connectivity index (χ2v) is 4.38. The Balaban J connectivity index is 3.08. The molecule has 0 heterocycles. The lowest BCUT2D eigenvalue weighted by Crippen LogP contribution is -2.12. The topological polar surface area (TPSA) is 89.9 Å². The standard InChI is InChI=1S/C15H18O6/c1-3-5-20-14(18)11-7-10(13(16)17)8-12(9-11)15(19)21-6-4-2/h7-9H,3-6H2,1-2H3,(H,16,17). The zero-order valence-corrected chi connectivity index (χ0v) is 12.0. The van der Waals surface area contributed by atoms with Gasteiger partial charge in [-0.3, -0.25) is 0 Å². The lowest BCUT2D eigenvalue weighted by atomic mass is 10.1. The fourth-order valence-electron chi connectivity index (χ4n) is 1.54. The first-order valence-corrected chi connectivity index (χ1v) is 6.72. The number of rotatable bonds is 7. The molecule has 0 saturated carbocycles. The van der Waals surface area contributed by atoms with Crippen molar-refractivity contribution in [1.29, 1.82) is 0 Å². The van der Waals surface area contributed by atoms with Crippen molar-refractivity contribution in [2.75, 3.05) is 13.2 Å². The molecule has 1 rings (SSSR count). The number of benzene rings is 1. The fraction of sp³-hybridized carbons (Fsp3) is 0.400. The van der Waals surface area contributed by atoms with E-state index in [0.29, 0.717) is 12.8 Å². The summed E-state index contributed by atoms with van der Waals surface area (Å²) in [6.45, 7) is 4.14. The van der Waals surface area contributed by atoms with Gasteiger partial charge in [-0.1, -0.05) is 13.8 Å². The van der Waals surface area contributed by atoms with Gasteiger partial charge in [-0.15, -0.1) is 0 Å². The monoisotopic (exact) mass is 294 g/mol. The Morgan fingerprint density at radius 3 is 1.57 bits per heavy atom. The first-order valence-electron chi connectivity index (χ1n) is 6.72. The van der Waals surface area contributed by atoms with Gasteiger partial charge < -0.3 is 14.6 Å². The minimum absolute atomic E-state index is 0.0202. The minimum atomic E-state index is -1.23. The van der Waals surface area contributed by atoms with Crippen LogP contribution >= 0.6 is 0 Å². The predicted octanol–water partition coefficient (Wildman–Crippen LogP) is 2.52. The van der Waals surface area contributed by atoms with E-state index in [1.165, 1.54) is 18.2 Å². The van der Waals surface area contributed by atoms with Crippen LogP contribution in [0.4, 0.5) is 0 Å². The Kier molecular flexibility index (Phi) is 6.39. The first kappa shape index (κ1) is 16.7. The van der Waals surface area contributed by atoms with Crippen molar-refractivity contribution in [3.63, 3.8) is 0 Å². The summed E-state index contributed by atoms with van der Waals surface area (Å²) >= 11 is 0. The van der Waals surface area contributed by atoms with Gasteiger partial charge in [0, 0.05) is 0 Å². The molecule has 0 bridgehead atoms. The molecule has 1 N–H and O–H groups in total. The van der Waals surface area contributed by atoms with Crippen molar-refractivity contribution in [3.8, 4) is 0 Å². The van der Waals surface area contributed by atoms with Gasteiger partial charge in [-0.05, 0) is 31.0 Å². The largest absolute Gasteiger partial charge is 0.478 e. The van der Waals surface area contributed by atoms with Gasteiger partial charge in [-0.2, -0.15) is 0 Å². The minimum Gasteiger partial charge on any atom is -0.478 e. The average Bonchev–Trinajstić information content (AvgIpc) is 2.49. The van der Waals surface area contributed by atoms with Gasteiger partial charge in [0.25, 0.3) is 0 Å². The molecule has 1 aromatic carbocycles. The van der Waals surface area contributed by atoms with Crippen molar-refractivity contribution in [3.05, 3.63) is 34.9 Å². The molecule has 1 aromatic rings. The van der Waals surface area contributed by atoms with E-state index in [1.54, 1.807) is 0 Å². The third-order valence-electron chi connectivity index (χ3n) is 2.53. The van der Waals surface area contributed by atoms with Gasteiger partial charge >= 0.3 is 17.9 Å². The Hall–Kier alpha value is -2.37. The smallest absolute Gasteiger partial charge is 0.338 e. The van der Waals surface area contributed by atoms with Crippen molar-refractivity contribution >= 4 is 17.9 Å². The highest BCUT2D eigenvalue weighted by atomic mass is 16.5. The van der Waals surface area contributed by atoms with Crippen molar-refractivity contribution in [1.82, 2.24) is 0 Å². The molecule has 6 heteroatoms. The molecule has 0 amide bonds. The molecule has 21 heavy (non-hydrogen) atoms. The molecule has 0 atom stereocenters. The van der Waals surface area contributed by atoms with Crippen LogP contribution in [0.2, 0.25) is 0 Å². The van der Waals surface area contributed by atoms with Crippen LogP contribution in [0.15, 0.2) is 18.2 Å². The van der Waals surface area contributed by atoms with Crippen LogP contribution in [0.5, 0.6) is 0 Å². The number of esters is 2. The van der Waals surface area contributed by atoms with Gasteiger partial charge in [0.15, 0.2) is 0 Å². The van der Waals surface area contributed by atoms with Crippen LogP contribution < -0.4 is 0 Å². The van der Waals surface area contributed by atoms with Gasteiger partial charge in [-0.25, -0.2) is 14.4 Å². The van der Waals surface area contributed by atoms with Crippen molar-refractivity contribution in [2.24, 2.45) is 0 Å². The average molecular weight is 294 g/mol. The van der Waals surface area contributed by atoms with Gasteiger partial charge in [0.1, 0.15) is 0 Å². The lowest BCUT2D eigenvalue weighted by Gasteiger charge is -2.08. The van der Waals surface area contributed by atoms with Gasteiger partial charge in [0.05, 0.1) is 29.9 Å². The number of carboxylic acids is 1.